The van der Waals surface area contributed by atoms with Crippen LogP contribution in [0.2, 0.25) is 0 Å². The summed E-state index contributed by atoms with van der Waals surface area (Å²) in [5, 5.41) is 11.9. The highest BCUT2D eigenvalue weighted by Crippen LogP contribution is 2.10. The number of nitrogens with zero attached hydrogens (tertiary/aromatic N) is 1. The average Bonchev–Trinajstić information content (AvgIpc) is 2.25. The van der Waals surface area contributed by atoms with E-state index in [4.69, 9.17) is 5.11 Å². The molecule has 1 aliphatic rings. The second-order valence-electron chi connectivity index (χ2n) is 3.71. The molecule has 82 valence electrons. The fourth-order valence-corrected chi connectivity index (χ4v) is 1.86. The maximum Gasteiger partial charge on any atom is 0.222 e. The molecule has 0 bridgehead atoms. The molecule has 14 heavy (non-hydrogen) atoms. The Hall–Kier alpha value is -0.610. The van der Waals surface area contributed by atoms with Gasteiger partial charge >= 0.3 is 0 Å². The Bertz CT molecular complexity index is 185. The molecule has 1 amide bonds. The van der Waals surface area contributed by atoms with Crippen LogP contribution >= 0.6 is 0 Å². The lowest BCUT2D eigenvalue weighted by Gasteiger charge is -2.33. The van der Waals surface area contributed by atoms with Crippen LogP contribution in [0.1, 0.15) is 26.2 Å². The van der Waals surface area contributed by atoms with E-state index in [0.29, 0.717) is 19.0 Å². The summed E-state index contributed by atoms with van der Waals surface area (Å²) in [4.78, 5) is 13.4. The molecule has 4 heteroatoms. The monoisotopic (exact) mass is 200 g/mol. The van der Waals surface area contributed by atoms with Crippen LogP contribution < -0.4 is 5.32 Å². The first-order valence-corrected chi connectivity index (χ1v) is 5.40. The Morgan fingerprint density at radius 2 is 2.43 bits per heavy atom. The van der Waals surface area contributed by atoms with E-state index in [1.807, 2.05) is 11.8 Å². The maximum atomic E-state index is 11.4. The fraction of sp³-hybridized carbons (Fsp3) is 0.900. The van der Waals surface area contributed by atoms with Crippen molar-refractivity contribution < 1.29 is 9.90 Å². The number of piperidine rings is 1. The van der Waals surface area contributed by atoms with Crippen molar-refractivity contribution in [3.05, 3.63) is 0 Å². The predicted octanol–water partition coefficient (Wildman–Crippen LogP) is -0.0307. The van der Waals surface area contributed by atoms with Gasteiger partial charge in [0.1, 0.15) is 0 Å². The van der Waals surface area contributed by atoms with Crippen LogP contribution in [0.25, 0.3) is 0 Å². The Kier molecular flexibility index (Phi) is 4.90. The minimum Gasteiger partial charge on any atom is -0.395 e. The predicted molar refractivity (Wildman–Crippen MR) is 55.0 cm³/mol. The normalized spacial score (nSPS) is 22.4. The van der Waals surface area contributed by atoms with Crippen LogP contribution in [0.4, 0.5) is 0 Å². The van der Waals surface area contributed by atoms with E-state index in [1.165, 1.54) is 0 Å². The molecular weight excluding hydrogens is 180 g/mol. The molecule has 1 atom stereocenters. The molecule has 1 aliphatic heterocycles. The molecule has 1 heterocycles. The van der Waals surface area contributed by atoms with Gasteiger partial charge in [0.25, 0.3) is 0 Å². The van der Waals surface area contributed by atoms with Crippen LogP contribution in [-0.2, 0) is 4.79 Å². The minimum atomic E-state index is 0.165. The fourth-order valence-electron chi connectivity index (χ4n) is 1.86. The Morgan fingerprint density at radius 1 is 1.64 bits per heavy atom. The van der Waals surface area contributed by atoms with Gasteiger partial charge in [-0.2, -0.15) is 0 Å². The molecule has 4 nitrogen and oxygen atoms in total. The molecule has 0 aromatic carbocycles. The number of carbonyl (C=O) groups is 1. The molecule has 2 N–H and O–H groups in total. The van der Waals surface area contributed by atoms with Crippen molar-refractivity contribution in [3.8, 4) is 0 Å². The molecule has 0 spiro atoms. The van der Waals surface area contributed by atoms with E-state index < -0.39 is 0 Å². The van der Waals surface area contributed by atoms with Crippen molar-refractivity contribution >= 4 is 5.91 Å². The number of rotatable bonds is 4. The summed E-state index contributed by atoms with van der Waals surface area (Å²) in [5.41, 5.74) is 0. The first kappa shape index (κ1) is 11.5. The van der Waals surface area contributed by atoms with Crippen molar-refractivity contribution in [1.29, 1.82) is 0 Å². The van der Waals surface area contributed by atoms with Crippen molar-refractivity contribution in [2.45, 2.75) is 32.2 Å². The summed E-state index contributed by atoms with van der Waals surface area (Å²) >= 11 is 0. The van der Waals surface area contributed by atoms with Gasteiger partial charge in [-0.25, -0.2) is 0 Å². The summed E-state index contributed by atoms with van der Waals surface area (Å²) in [7, 11) is 0. The zero-order valence-electron chi connectivity index (χ0n) is 8.83. The highest BCUT2D eigenvalue weighted by Gasteiger charge is 2.21. The van der Waals surface area contributed by atoms with Crippen molar-refractivity contribution in [1.82, 2.24) is 10.2 Å². The van der Waals surface area contributed by atoms with Gasteiger partial charge in [0, 0.05) is 32.1 Å². The van der Waals surface area contributed by atoms with Gasteiger partial charge in [0.15, 0.2) is 0 Å². The maximum absolute atomic E-state index is 11.4. The summed E-state index contributed by atoms with van der Waals surface area (Å²) < 4.78 is 0. The number of aliphatic hydroxyl groups excluding tert-OH is 1. The lowest BCUT2D eigenvalue weighted by Crippen LogP contribution is -2.48. The van der Waals surface area contributed by atoms with E-state index >= 15 is 0 Å². The minimum absolute atomic E-state index is 0.165. The summed E-state index contributed by atoms with van der Waals surface area (Å²) in [6.45, 7) is 4.38. The largest absolute Gasteiger partial charge is 0.395 e. The lowest BCUT2D eigenvalue weighted by molar-refractivity contribution is -0.132. The molecule has 1 saturated heterocycles. The standard InChI is InChI=1S/C10H20N2O2/c1-2-10(14)12-6-3-4-9(8-12)11-5-7-13/h9,11,13H,2-8H2,1H3. The molecule has 0 radical (unpaired) electrons. The highest BCUT2D eigenvalue weighted by molar-refractivity contribution is 5.75. The second-order valence-corrected chi connectivity index (χ2v) is 3.71. The molecule has 0 saturated carbocycles. The van der Waals surface area contributed by atoms with Gasteiger partial charge < -0.3 is 15.3 Å². The number of hydrogen-bond donors (Lipinski definition) is 2. The molecule has 0 aliphatic carbocycles. The van der Waals surface area contributed by atoms with Gasteiger partial charge in [-0.15, -0.1) is 0 Å². The third-order valence-corrected chi connectivity index (χ3v) is 2.62. The zero-order chi connectivity index (χ0) is 10.4. The third kappa shape index (κ3) is 3.27. The van der Waals surface area contributed by atoms with E-state index in [9.17, 15) is 4.79 Å². The number of aliphatic hydroxyl groups is 1. The summed E-state index contributed by atoms with van der Waals surface area (Å²) in [5.74, 6) is 0.237. The van der Waals surface area contributed by atoms with Gasteiger partial charge in [-0.1, -0.05) is 6.92 Å². The smallest absolute Gasteiger partial charge is 0.222 e. The van der Waals surface area contributed by atoms with Crippen LogP contribution in [0.3, 0.4) is 0 Å². The molecule has 1 rings (SSSR count). The second kappa shape index (κ2) is 5.98. The van der Waals surface area contributed by atoms with Crippen molar-refractivity contribution in [2.75, 3.05) is 26.2 Å². The summed E-state index contributed by atoms with van der Waals surface area (Å²) in [6.07, 6.45) is 2.76. The Balaban J connectivity index is 2.31. The molecule has 0 aromatic heterocycles. The first-order chi connectivity index (χ1) is 6.77. The van der Waals surface area contributed by atoms with Gasteiger partial charge in [-0.05, 0) is 12.8 Å². The number of likely N-dealkylation sites (tertiary alicyclic amines) is 1. The van der Waals surface area contributed by atoms with Crippen molar-refractivity contribution in [3.63, 3.8) is 0 Å². The van der Waals surface area contributed by atoms with E-state index in [2.05, 4.69) is 5.32 Å². The molecule has 1 unspecified atom stereocenters. The molecule has 1 fully saturated rings. The van der Waals surface area contributed by atoms with Crippen LogP contribution in [0.5, 0.6) is 0 Å². The number of amides is 1. The topological polar surface area (TPSA) is 52.6 Å². The van der Waals surface area contributed by atoms with E-state index in [0.717, 1.165) is 25.9 Å². The van der Waals surface area contributed by atoms with Gasteiger partial charge in [0.2, 0.25) is 5.91 Å². The molecular formula is C10H20N2O2. The highest BCUT2D eigenvalue weighted by atomic mass is 16.3. The zero-order valence-corrected chi connectivity index (χ0v) is 8.83. The van der Waals surface area contributed by atoms with E-state index in [-0.39, 0.29) is 12.5 Å². The lowest BCUT2D eigenvalue weighted by atomic mass is 10.1. The van der Waals surface area contributed by atoms with Crippen LogP contribution in [0.15, 0.2) is 0 Å². The van der Waals surface area contributed by atoms with Gasteiger partial charge in [-0.3, -0.25) is 4.79 Å². The van der Waals surface area contributed by atoms with Crippen LogP contribution in [-0.4, -0.2) is 48.2 Å². The van der Waals surface area contributed by atoms with E-state index in [1.54, 1.807) is 0 Å². The quantitative estimate of drug-likeness (QED) is 0.670. The van der Waals surface area contributed by atoms with Gasteiger partial charge in [0.05, 0.1) is 6.61 Å². The Morgan fingerprint density at radius 3 is 3.07 bits per heavy atom. The average molecular weight is 200 g/mol. The number of hydrogen-bond acceptors (Lipinski definition) is 3. The third-order valence-electron chi connectivity index (χ3n) is 2.62. The van der Waals surface area contributed by atoms with Crippen LogP contribution in [0, 0.1) is 0 Å². The van der Waals surface area contributed by atoms with Crippen molar-refractivity contribution in [2.24, 2.45) is 0 Å². The first-order valence-electron chi connectivity index (χ1n) is 5.40. The molecule has 0 aromatic rings. The Labute approximate surface area is 85.3 Å². The number of carbonyl (C=O) groups excluding carboxylic acids is 1. The summed E-state index contributed by atoms with van der Waals surface area (Å²) in [6, 6.07) is 0.367. The number of nitrogens with one attached hydrogen (secondary N) is 1. The SMILES string of the molecule is CCC(=O)N1CCCC(NCCO)C1.